The van der Waals surface area contributed by atoms with Crippen LogP contribution in [0.5, 0.6) is 0 Å². The zero-order valence-corrected chi connectivity index (χ0v) is 15.7. The first-order valence-electron chi connectivity index (χ1n) is 7.02. The van der Waals surface area contributed by atoms with Crippen LogP contribution >= 0.6 is 38.6 Å². The fourth-order valence-electron chi connectivity index (χ4n) is 2.23. The first-order valence-corrected chi connectivity index (χ1v) is 9.90. The number of rotatable bonds is 3. The summed E-state index contributed by atoms with van der Waals surface area (Å²) < 4.78 is 2.40. The molecule has 2 heterocycles. The van der Waals surface area contributed by atoms with Crippen molar-refractivity contribution in [1.82, 2.24) is 9.97 Å². The van der Waals surface area contributed by atoms with Crippen molar-refractivity contribution >= 4 is 59.0 Å². The molecule has 0 aliphatic rings. The van der Waals surface area contributed by atoms with Crippen molar-refractivity contribution in [3.8, 4) is 0 Å². The van der Waals surface area contributed by atoms with Gasteiger partial charge >= 0.3 is 0 Å². The molecule has 0 atom stereocenters. The third-order valence-electron chi connectivity index (χ3n) is 3.34. The van der Waals surface area contributed by atoms with Gasteiger partial charge in [0.25, 0.3) is 0 Å². The molecule has 2 aromatic heterocycles. The number of halogens is 1. The molecule has 2 aromatic carbocycles. The van der Waals surface area contributed by atoms with Crippen LogP contribution < -0.4 is 0 Å². The molecule has 0 unspecified atom stereocenters. The van der Waals surface area contributed by atoms with E-state index in [2.05, 4.69) is 54.1 Å². The minimum atomic E-state index is 0.373. The molecule has 0 fully saturated rings. The van der Waals surface area contributed by atoms with Crippen molar-refractivity contribution in [3.63, 3.8) is 0 Å². The lowest BCUT2D eigenvalue weighted by molar-refractivity contribution is 1.06. The normalized spacial score (nSPS) is 10.2. The second kappa shape index (κ2) is 8.21. The molecule has 4 rings (SSSR count). The van der Waals surface area contributed by atoms with Crippen molar-refractivity contribution in [1.29, 1.82) is 0 Å². The van der Waals surface area contributed by atoms with Crippen molar-refractivity contribution in [2.24, 2.45) is 5.11 Å². The SMILES string of the molecule is BrCc1cccc2scnc12.[N-]=[N+]=NCc1cccc2scnc12. The molecular weight excluding hydrogens is 406 g/mol. The summed E-state index contributed by atoms with van der Waals surface area (Å²) in [6.07, 6.45) is 0. The number of nitrogens with zero attached hydrogens (tertiary/aromatic N) is 5. The van der Waals surface area contributed by atoms with Crippen LogP contribution in [0.25, 0.3) is 30.9 Å². The molecule has 0 N–H and O–H groups in total. The van der Waals surface area contributed by atoms with Gasteiger partial charge in [0.15, 0.2) is 0 Å². The molecule has 0 aliphatic heterocycles. The predicted octanol–water partition coefficient (Wildman–Crippen LogP) is 6.30. The summed E-state index contributed by atoms with van der Waals surface area (Å²) in [5.74, 6) is 0. The summed E-state index contributed by atoms with van der Waals surface area (Å²) in [7, 11) is 0. The van der Waals surface area contributed by atoms with Crippen molar-refractivity contribution in [2.75, 3.05) is 0 Å². The molecule has 0 spiro atoms. The van der Waals surface area contributed by atoms with Crippen LogP contribution in [-0.2, 0) is 11.9 Å². The number of azide groups is 1. The Hall–Kier alpha value is -1.99. The van der Waals surface area contributed by atoms with Crippen molar-refractivity contribution in [3.05, 3.63) is 69.0 Å². The van der Waals surface area contributed by atoms with Gasteiger partial charge in [0.05, 0.1) is 38.0 Å². The Morgan fingerprint density at radius 1 is 0.958 bits per heavy atom. The maximum atomic E-state index is 8.19. The Morgan fingerprint density at radius 2 is 1.54 bits per heavy atom. The molecule has 0 amide bonds. The van der Waals surface area contributed by atoms with Crippen LogP contribution in [-0.4, -0.2) is 9.97 Å². The summed E-state index contributed by atoms with van der Waals surface area (Å²) in [6.45, 7) is 0.373. The quantitative estimate of drug-likeness (QED) is 0.170. The van der Waals surface area contributed by atoms with E-state index in [1.165, 1.54) is 10.3 Å². The molecule has 0 bridgehead atoms. The third kappa shape index (κ3) is 3.73. The molecular formula is C16H12BrN5S2. The molecule has 0 saturated heterocycles. The highest BCUT2D eigenvalue weighted by Crippen LogP contribution is 2.23. The van der Waals surface area contributed by atoms with Gasteiger partial charge in [0.2, 0.25) is 0 Å². The van der Waals surface area contributed by atoms with Gasteiger partial charge in [-0.1, -0.05) is 45.3 Å². The number of hydrogen-bond acceptors (Lipinski definition) is 5. The van der Waals surface area contributed by atoms with Gasteiger partial charge in [0, 0.05) is 10.2 Å². The van der Waals surface area contributed by atoms with Crippen LogP contribution in [0.2, 0.25) is 0 Å². The second-order valence-electron chi connectivity index (χ2n) is 4.76. The summed E-state index contributed by atoms with van der Waals surface area (Å²) in [5, 5.41) is 4.40. The molecule has 120 valence electrons. The second-order valence-corrected chi connectivity index (χ2v) is 7.09. The van der Waals surface area contributed by atoms with Gasteiger partial charge in [-0.2, -0.15) is 0 Å². The minimum Gasteiger partial charge on any atom is -0.244 e. The lowest BCUT2D eigenvalue weighted by Crippen LogP contribution is -1.81. The van der Waals surface area contributed by atoms with Crippen molar-refractivity contribution in [2.45, 2.75) is 11.9 Å². The van der Waals surface area contributed by atoms with Crippen LogP contribution in [0.3, 0.4) is 0 Å². The fourth-order valence-corrected chi connectivity index (χ4v) is 4.13. The smallest absolute Gasteiger partial charge is 0.0852 e. The van der Waals surface area contributed by atoms with E-state index in [4.69, 9.17) is 5.53 Å². The maximum Gasteiger partial charge on any atom is 0.0852 e. The van der Waals surface area contributed by atoms with Gasteiger partial charge < -0.3 is 0 Å². The van der Waals surface area contributed by atoms with Gasteiger partial charge in [0.1, 0.15) is 0 Å². The highest BCUT2D eigenvalue weighted by molar-refractivity contribution is 9.08. The number of benzene rings is 2. The van der Waals surface area contributed by atoms with Gasteiger partial charge in [-0.15, -0.1) is 22.7 Å². The van der Waals surface area contributed by atoms with E-state index in [0.29, 0.717) is 6.54 Å². The van der Waals surface area contributed by atoms with E-state index in [-0.39, 0.29) is 0 Å². The predicted molar refractivity (Wildman–Crippen MR) is 105 cm³/mol. The lowest BCUT2D eigenvalue weighted by atomic mass is 10.2. The Morgan fingerprint density at radius 3 is 2.12 bits per heavy atom. The summed E-state index contributed by atoms with van der Waals surface area (Å²) in [6, 6.07) is 12.1. The van der Waals surface area contributed by atoms with Crippen LogP contribution in [0.1, 0.15) is 11.1 Å². The first-order chi connectivity index (χ1) is 11.8. The molecule has 4 aromatic rings. The van der Waals surface area contributed by atoms with E-state index >= 15 is 0 Å². The number of alkyl halides is 1. The van der Waals surface area contributed by atoms with E-state index < -0.39 is 0 Å². The largest absolute Gasteiger partial charge is 0.244 e. The van der Waals surface area contributed by atoms with Gasteiger partial charge in [-0.25, -0.2) is 9.97 Å². The summed E-state index contributed by atoms with van der Waals surface area (Å²) in [4.78, 5) is 11.2. The maximum absolute atomic E-state index is 8.19. The Balaban J connectivity index is 0.000000143. The topological polar surface area (TPSA) is 74.5 Å². The molecule has 0 saturated carbocycles. The standard InChI is InChI=1S/C8H6BrNS.C8H6N4S/c9-4-6-2-1-3-7-8(6)10-5-11-7;9-12-11-4-6-2-1-3-7-8(6)10-5-13-7/h1-3,5H,4H2;1-3,5H,4H2. The minimum absolute atomic E-state index is 0.373. The lowest BCUT2D eigenvalue weighted by Gasteiger charge is -1.95. The fraction of sp³-hybridized carbons (Fsp3) is 0.125. The number of thiazole rings is 2. The number of hydrogen-bond donors (Lipinski definition) is 0. The molecule has 5 nitrogen and oxygen atoms in total. The zero-order valence-electron chi connectivity index (χ0n) is 12.5. The highest BCUT2D eigenvalue weighted by Gasteiger charge is 2.01. The number of fused-ring (bicyclic) bond motifs is 2. The monoisotopic (exact) mass is 417 g/mol. The Bertz CT molecular complexity index is 1000. The average Bonchev–Trinajstić information content (AvgIpc) is 3.29. The van der Waals surface area contributed by atoms with E-state index in [9.17, 15) is 0 Å². The third-order valence-corrected chi connectivity index (χ3v) is 5.53. The van der Waals surface area contributed by atoms with Crippen LogP contribution in [0.4, 0.5) is 0 Å². The zero-order chi connectivity index (χ0) is 16.8. The van der Waals surface area contributed by atoms with E-state index in [1.807, 2.05) is 23.7 Å². The van der Waals surface area contributed by atoms with Gasteiger partial charge in [-0.05, 0) is 28.8 Å². The van der Waals surface area contributed by atoms with E-state index in [0.717, 1.165) is 26.6 Å². The summed E-state index contributed by atoms with van der Waals surface area (Å²) >= 11 is 6.70. The number of aromatic nitrogens is 2. The average molecular weight is 418 g/mol. The first kappa shape index (κ1) is 16.9. The van der Waals surface area contributed by atoms with E-state index in [1.54, 1.807) is 28.2 Å². The molecule has 24 heavy (non-hydrogen) atoms. The molecule has 0 aliphatic carbocycles. The number of para-hydroxylation sites is 2. The highest BCUT2D eigenvalue weighted by atomic mass is 79.9. The van der Waals surface area contributed by atoms with Gasteiger partial charge in [-0.3, -0.25) is 0 Å². The van der Waals surface area contributed by atoms with Crippen LogP contribution in [0.15, 0.2) is 52.5 Å². The Labute approximate surface area is 154 Å². The summed E-state index contributed by atoms with van der Waals surface area (Å²) in [5.41, 5.74) is 16.2. The Kier molecular flexibility index (Phi) is 5.77. The van der Waals surface area contributed by atoms with Crippen LogP contribution in [0, 0.1) is 0 Å². The van der Waals surface area contributed by atoms with Crippen molar-refractivity contribution < 1.29 is 0 Å². The molecule has 0 radical (unpaired) electrons. The molecule has 8 heteroatoms.